The van der Waals surface area contributed by atoms with Crippen LogP contribution in [0.5, 0.6) is 0 Å². The second-order valence-electron chi connectivity index (χ2n) is 1.36. The third-order valence-corrected chi connectivity index (χ3v) is 0.792. The quantitative estimate of drug-likeness (QED) is 0.454. The summed E-state index contributed by atoms with van der Waals surface area (Å²) < 4.78 is 1.57. The van der Waals surface area contributed by atoms with Crippen LogP contribution in [-0.2, 0) is 0 Å². The van der Waals surface area contributed by atoms with Crippen molar-refractivity contribution in [1.82, 2.24) is 9.69 Å². The summed E-state index contributed by atoms with van der Waals surface area (Å²) >= 11 is 0. The first-order chi connectivity index (χ1) is 3.93. The van der Waals surface area contributed by atoms with Gasteiger partial charge in [0.05, 0.1) is 0 Å². The molecule has 0 unspecified atom stereocenters. The van der Waals surface area contributed by atoms with E-state index in [0.29, 0.717) is 7.41 Å². The summed E-state index contributed by atoms with van der Waals surface area (Å²) in [5, 5.41) is 11.9. The van der Waals surface area contributed by atoms with E-state index in [9.17, 15) is 0 Å². The molecule has 1 aromatic rings. The molecule has 3 nitrogen and oxygen atoms in total. The summed E-state index contributed by atoms with van der Waals surface area (Å²) in [6, 6.07) is 1.79. The zero-order valence-corrected chi connectivity index (χ0v) is 4.28. The molecule has 0 aliphatic heterocycles. The Morgan fingerprint density at radius 1 is 1.75 bits per heavy atom. The predicted octanol–water partition coefficient (Wildman–Crippen LogP) is -0.436. The summed E-state index contributed by atoms with van der Waals surface area (Å²) in [5.41, 5.74) is 0. The number of rotatable bonds is 1. The van der Waals surface area contributed by atoms with Crippen molar-refractivity contribution < 1.29 is 0 Å². The van der Waals surface area contributed by atoms with Crippen molar-refractivity contribution in [2.24, 2.45) is 0 Å². The molecular formula is C4H4BN3. The van der Waals surface area contributed by atoms with Crippen LogP contribution in [-0.4, -0.2) is 17.1 Å². The molecule has 1 rings (SSSR count). The van der Waals surface area contributed by atoms with Crippen LogP contribution < -0.4 is 0 Å². The van der Waals surface area contributed by atoms with Crippen molar-refractivity contribution in [2.45, 2.75) is 0 Å². The van der Waals surface area contributed by atoms with Crippen molar-refractivity contribution in [3.8, 4) is 5.97 Å². The van der Waals surface area contributed by atoms with Crippen LogP contribution in [0.1, 0.15) is 0 Å². The van der Waals surface area contributed by atoms with E-state index in [2.05, 4.69) is 5.10 Å². The van der Waals surface area contributed by atoms with E-state index in [4.69, 9.17) is 5.26 Å². The van der Waals surface area contributed by atoms with Crippen molar-refractivity contribution in [2.75, 3.05) is 0 Å². The van der Waals surface area contributed by atoms with Crippen LogP contribution in [0.4, 0.5) is 0 Å². The first-order valence-electron chi connectivity index (χ1n) is 2.28. The average Bonchev–Trinajstić information content (AvgIpc) is 2.19. The third kappa shape index (κ3) is 0.879. The third-order valence-electron chi connectivity index (χ3n) is 0.792. The Kier molecular flexibility index (Phi) is 1.33. The van der Waals surface area contributed by atoms with Gasteiger partial charge in [-0.15, -0.1) is 0 Å². The minimum atomic E-state index is 0.340. The van der Waals surface area contributed by atoms with E-state index in [1.165, 1.54) is 0 Å². The zero-order valence-electron chi connectivity index (χ0n) is 4.28. The molecule has 1 aromatic heterocycles. The van der Waals surface area contributed by atoms with Crippen LogP contribution >= 0.6 is 0 Å². The van der Waals surface area contributed by atoms with Gasteiger partial charge in [0.25, 0.3) is 0 Å². The first kappa shape index (κ1) is 4.91. The van der Waals surface area contributed by atoms with Gasteiger partial charge in [-0.05, 0) is 6.07 Å². The van der Waals surface area contributed by atoms with E-state index < -0.39 is 0 Å². The molecule has 0 amide bonds. The van der Waals surface area contributed by atoms with Crippen molar-refractivity contribution in [3.63, 3.8) is 0 Å². The maximum absolute atomic E-state index is 8.13. The van der Waals surface area contributed by atoms with Gasteiger partial charge in [-0.25, -0.2) is 5.26 Å². The fraction of sp³-hybridized carbons (Fsp3) is 0. The smallest absolute Gasteiger partial charge is 0.303 e. The molecule has 0 saturated carbocycles. The van der Waals surface area contributed by atoms with Gasteiger partial charge in [0.1, 0.15) is 0 Å². The topological polar surface area (TPSA) is 41.6 Å². The molecular weight excluding hydrogens is 101 g/mol. The predicted molar refractivity (Wildman–Crippen MR) is 30.4 cm³/mol. The second-order valence-corrected chi connectivity index (χ2v) is 1.36. The zero-order chi connectivity index (χ0) is 5.82. The molecule has 0 fully saturated rings. The van der Waals surface area contributed by atoms with E-state index in [-0.39, 0.29) is 0 Å². The largest absolute Gasteiger partial charge is 0.383 e. The van der Waals surface area contributed by atoms with Crippen LogP contribution in [0.2, 0.25) is 0 Å². The average molecular weight is 105 g/mol. The molecule has 0 N–H and O–H groups in total. The Labute approximate surface area is 47.8 Å². The lowest BCUT2D eigenvalue weighted by molar-refractivity contribution is 0.982. The highest BCUT2D eigenvalue weighted by molar-refractivity contribution is 6.42. The summed E-state index contributed by atoms with van der Waals surface area (Å²) in [7, 11) is 0.340. The Morgan fingerprint density at radius 3 is 3.12 bits per heavy atom. The Morgan fingerprint density at radius 2 is 2.62 bits per heavy atom. The fourth-order valence-electron chi connectivity index (χ4n) is 0.466. The van der Waals surface area contributed by atoms with E-state index in [1.807, 2.05) is 5.97 Å². The second kappa shape index (κ2) is 2.17. The van der Waals surface area contributed by atoms with Crippen LogP contribution in [0.15, 0.2) is 18.5 Å². The summed E-state index contributed by atoms with van der Waals surface area (Å²) in [6.07, 6.45) is 3.40. The number of aromatic nitrogens is 2. The molecule has 0 aromatic carbocycles. The number of nitriles is 1. The molecule has 0 atom stereocenters. The van der Waals surface area contributed by atoms with Gasteiger partial charge in [-0.3, -0.25) is 0 Å². The Balaban J connectivity index is 2.67. The van der Waals surface area contributed by atoms with Crippen LogP contribution in [0, 0.1) is 11.2 Å². The lowest BCUT2D eigenvalue weighted by Crippen LogP contribution is -2.02. The summed E-state index contributed by atoms with van der Waals surface area (Å²) in [5.74, 6) is 1.97. The van der Waals surface area contributed by atoms with Gasteiger partial charge in [0.2, 0.25) is 0 Å². The molecule has 4 heteroatoms. The SMILES string of the molecule is N#CBn1cccn1. The molecule has 0 saturated heterocycles. The maximum atomic E-state index is 8.13. The molecule has 0 bridgehead atoms. The number of nitrogens with zero attached hydrogens (tertiary/aromatic N) is 3. The summed E-state index contributed by atoms with van der Waals surface area (Å²) in [6.45, 7) is 0. The highest BCUT2D eigenvalue weighted by Crippen LogP contribution is 1.76. The van der Waals surface area contributed by atoms with Crippen molar-refractivity contribution in [3.05, 3.63) is 18.5 Å². The lowest BCUT2D eigenvalue weighted by atomic mass is 10.0. The highest BCUT2D eigenvalue weighted by Gasteiger charge is 1.86. The first-order valence-corrected chi connectivity index (χ1v) is 2.28. The maximum Gasteiger partial charge on any atom is 0.383 e. The van der Waals surface area contributed by atoms with E-state index in [1.54, 1.807) is 23.1 Å². The summed E-state index contributed by atoms with van der Waals surface area (Å²) in [4.78, 5) is 0. The van der Waals surface area contributed by atoms with Gasteiger partial charge in [-0.1, -0.05) is 0 Å². The minimum Gasteiger partial charge on any atom is -0.303 e. The molecule has 0 spiro atoms. The minimum absolute atomic E-state index is 0.340. The number of hydrogen-bond donors (Lipinski definition) is 0. The molecule has 38 valence electrons. The van der Waals surface area contributed by atoms with Crippen molar-refractivity contribution in [1.29, 1.82) is 5.26 Å². The lowest BCUT2D eigenvalue weighted by Gasteiger charge is -1.83. The Bertz CT molecular complexity index is 186. The Hall–Kier alpha value is -1.24. The van der Waals surface area contributed by atoms with E-state index in [0.717, 1.165) is 0 Å². The van der Waals surface area contributed by atoms with Gasteiger partial charge < -0.3 is 4.59 Å². The van der Waals surface area contributed by atoms with Crippen LogP contribution in [0.25, 0.3) is 0 Å². The fourth-order valence-corrected chi connectivity index (χ4v) is 0.466. The highest BCUT2D eigenvalue weighted by atomic mass is 15.2. The van der Waals surface area contributed by atoms with Gasteiger partial charge in [0, 0.05) is 18.4 Å². The number of hydrogen-bond acceptors (Lipinski definition) is 2. The normalized spacial score (nSPS) is 7.88. The molecule has 0 radical (unpaired) electrons. The monoisotopic (exact) mass is 105 g/mol. The molecule has 0 aliphatic rings. The molecule has 1 heterocycles. The van der Waals surface area contributed by atoms with Gasteiger partial charge in [0.15, 0.2) is 0 Å². The molecule has 0 aliphatic carbocycles. The van der Waals surface area contributed by atoms with Gasteiger partial charge in [-0.2, -0.15) is 5.10 Å². The standard InChI is InChI=1S/C4H4BN3/c6-4-5-8-3-1-2-7-8/h1-3,5H. The van der Waals surface area contributed by atoms with Gasteiger partial charge >= 0.3 is 7.41 Å². The van der Waals surface area contributed by atoms with E-state index >= 15 is 0 Å². The van der Waals surface area contributed by atoms with Crippen molar-refractivity contribution >= 4 is 7.41 Å². The van der Waals surface area contributed by atoms with Crippen LogP contribution in [0.3, 0.4) is 0 Å². The molecule has 8 heavy (non-hydrogen) atoms.